The fourth-order valence-corrected chi connectivity index (χ4v) is 12.5. The van der Waals surface area contributed by atoms with E-state index in [1.165, 1.54) is 55.6 Å². The lowest BCUT2D eigenvalue weighted by Crippen LogP contribution is -2.26. The molecule has 0 unspecified atom stereocenters. The van der Waals surface area contributed by atoms with Gasteiger partial charge in [0.2, 0.25) is 0 Å². The summed E-state index contributed by atoms with van der Waals surface area (Å²) in [5.41, 5.74) is 22.8. The Balaban J connectivity index is 0.830. The Morgan fingerprint density at radius 1 is 0.253 bits per heavy atom. The van der Waals surface area contributed by atoms with Crippen molar-refractivity contribution in [1.82, 2.24) is 15.0 Å². The molecular weight excluding hydrogens is 915 g/mol. The third kappa shape index (κ3) is 6.16. The maximum Gasteiger partial charge on any atom is 0.164 e. The van der Waals surface area contributed by atoms with Gasteiger partial charge in [-0.1, -0.05) is 200 Å². The van der Waals surface area contributed by atoms with Crippen molar-refractivity contribution < 1.29 is 8.83 Å². The van der Waals surface area contributed by atoms with Crippen LogP contribution in [0.2, 0.25) is 0 Å². The van der Waals surface area contributed by atoms with Gasteiger partial charge in [0.25, 0.3) is 0 Å². The molecule has 0 radical (unpaired) electrons. The molecule has 14 aromatic rings. The van der Waals surface area contributed by atoms with E-state index in [2.05, 4.69) is 200 Å². The molecule has 0 amide bonds. The van der Waals surface area contributed by atoms with E-state index >= 15 is 0 Å². The summed E-state index contributed by atoms with van der Waals surface area (Å²) in [7, 11) is 0. The molecule has 348 valence electrons. The Labute approximate surface area is 431 Å². The average Bonchev–Trinajstić information content (AvgIpc) is 4.24. The van der Waals surface area contributed by atoms with Crippen molar-refractivity contribution in [3.05, 3.63) is 271 Å². The van der Waals surface area contributed by atoms with Crippen molar-refractivity contribution >= 4 is 43.9 Å². The second kappa shape index (κ2) is 16.0. The van der Waals surface area contributed by atoms with E-state index in [0.717, 1.165) is 82.8 Å². The predicted octanol–water partition coefficient (Wildman–Crippen LogP) is 18.0. The summed E-state index contributed by atoms with van der Waals surface area (Å²) in [5, 5.41) is 3.99. The van der Waals surface area contributed by atoms with Crippen LogP contribution < -0.4 is 0 Å². The van der Waals surface area contributed by atoms with E-state index in [-0.39, 0.29) is 0 Å². The number of aromatic nitrogens is 3. The maximum atomic E-state index is 6.64. The fraction of sp³-hybridized carbons (Fsp3) is 0.0143. The molecule has 16 rings (SSSR count). The van der Waals surface area contributed by atoms with Gasteiger partial charge in [0.15, 0.2) is 17.5 Å². The van der Waals surface area contributed by atoms with Crippen molar-refractivity contribution in [3.8, 4) is 89.8 Å². The number of hydrogen-bond donors (Lipinski definition) is 0. The smallest absolute Gasteiger partial charge is 0.164 e. The largest absolute Gasteiger partial charge is 0.456 e. The molecule has 75 heavy (non-hydrogen) atoms. The van der Waals surface area contributed by atoms with Gasteiger partial charge in [-0.05, 0) is 126 Å². The lowest BCUT2D eigenvalue weighted by molar-refractivity contribution is 0.668. The van der Waals surface area contributed by atoms with Gasteiger partial charge in [0, 0.05) is 38.2 Å². The molecule has 0 atom stereocenters. The van der Waals surface area contributed by atoms with Gasteiger partial charge in [0.1, 0.15) is 22.3 Å². The molecule has 5 nitrogen and oxygen atoms in total. The fourth-order valence-electron chi connectivity index (χ4n) is 12.5. The van der Waals surface area contributed by atoms with Gasteiger partial charge in [-0.25, -0.2) is 15.0 Å². The van der Waals surface area contributed by atoms with Crippen molar-refractivity contribution in [2.45, 2.75) is 5.41 Å². The minimum absolute atomic E-state index is 0.436. The van der Waals surface area contributed by atoms with Crippen molar-refractivity contribution in [1.29, 1.82) is 0 Å². The summed E-state index contributed by atoms with van der Waals surface area (Å²) >= 11 is 0. The van der Waals surface area contributed by atoms with Crippen molar-refractivity contribution in [3.63, 3.8) is 0 Å². The monoisotopic (exact) mass is 955 g/mol. The van der Waals surface area contributed by atoms with E-state index in [1.807, 2.05) is 48.5 Å². The van der Waals surface area contributed by atoms with Crippen LogP contribution in [-0.4, -0.2) is 15.0 Å². The molecule has 3 heterocycles. The second-order valence-electron chi connectivity index (χ2n) is 19.7. The zero-order valence-corrected chi connectivity index (χ0v) is 40.3. The Kier molecular flexibility index (Phi) is 8.89. The van der Waals surface area contributed by atoms with Crippen molar-refractivity contribution in [2.75, 3.05) is 0 Å². The minimum Gasteiger partial charge on any atom is -0.456 e. The first-order chi connectivity index (χ1) is 37.2. The van der Waals surface area contributed by atoms with Crippen LogP contribution in [0.1, 0.15) is 22.3 Å². The highest BCUT2D eigenvalue weighted by Gasteiger charge is 2.52. The Bertz CT molecular complexity index is 4600. The Hall–Kier alpha value is -9.97. The number of para-hydroxylation sites is 1. The van der Waals surface area contributed by atoms with Crippen LogP contribution in [-0.2, 0) is 5.41 Å². The maximum absolute atomic E-state index is 6.64. The van der Waals surface area contributed by atoms with Crippen LogP contribution in [0, 0.1) is 0 Å². The van der Waals surface area contributed by atoms with Crippen molar-refractivity contribution in [2.24, 2.45) is 0 Å². The number of hydrogen-bond acceptors (Lipinski definition) is 5. The van der Waals surface area contributed by atoms with Gasteiger partial charge < -0.3 is 8.83 Å². The number of rotatable bonds is 6. The highest BCUT2D eigenvalue weighted by Crippen LogP contribution is 2.64. The molecule has 1 spiro atoms. The quantitative estimate of drug-likeness (QED) is 0.166. The molecule has 2 aliphatic rings. The zero-order chi connectivity index (χ0) is 49.2. The van der Waals surface area contributed by atoms with E-state index in [1.54, 1.807) is 0 Å². The number of furan rings is 2. The highest BCUT2D eigenvalue weighted by molar-refractivity contribution is 6.13. The van der Waals surface area contributed by atoms with Crippen LogP contribution >= 0.6 is 0 Å². The molecule has 5 heteroatoms. The molecule has 3 aromatic heterocycles. The van der Waals surface area contributed by atoms with Crippen LogP contribution in [0.15, 0.2) is 258 Å². The summed E-state index contributed by atoms with van der Waals surface area (Å²) < 4.78 is 12.9. The molecule has 0 bridgehead atoms. The molecule has 0 N–H and O–H groups in total. The van der Waals surface area contributed by atoms with Crippen LogP contribution in [0.4, 0.5) is 0 Å². The molecule has 0 fully saturated rings. The number of benzene rings is 11. The summed E-state index contributed by atoms with van der Waals surface area (Å²) in [4.78, 5) is 15.8. The first-order valence-corrected chi connectivity index (χ1v) is 25.5. The normalized spacial score (nSPS) is 12.9. The van der Waals surface area contributed by atoms with Gasteiger partial charge >= 0.3 is 0 Å². The average molecular weight is 956 g/mol. The minimum atomic E-state index is -0.436. The third-order valence-corrected chi connectivity index (χ3v) is 15.8. The predicted molar refractivity (Wildman–Crippen MR) is 303 cm³/mol. The number of nitrogens with zero attached hydrogens (tertiary/aromatic N) is 3. The molecular formula is C70H41N3O2. The summed E-state index contributed by atoms with van der Waals surface area (Å²) in [6.07, 6.45) is 0. The van der Waals surface area contributed by atoms with Crippen LogP contribution in [0.5, 0.6) is 0 Å². The molecule has 0 aliphatic heterocycles. The zero-order valence-electron chi connectivity index (χ0n) is 40.3. The Morgan fingerprint density at radius 2 is 0.693 bits per heavy atom. The van der Waals surface area contributed by atoms with E-state index in [4.69, 9.17) is 23.8 Å². The first kappa shape index (κ1) is 41.6. The number of fused-ring (bicyclic) bond motifs is 16. The van der Waals surface area contributed by atoms with Gasteiger partial charge in [-0.2, -0.15) is 0 Å². The Morgan fingerprint density at radius 3 is 1.45 bits per heavy atom. The van der Waals surface area contributed by atoms with E-state index < -0.39 is 5.41 Å². The highest BCUT2D eigenvalue weighted by atomic mass is 16.3. The lowest BCUT2D eigenvalue weighted by Gasteiger charge is -2.32. The second-order valence-corrected chi connectivity index (χ2v) is 19.7. The summed E-state index contributed by atoms with van der Waals surface area (Å²) in [6.45, 7) is 0. The molecule has 11 aromatic carbocycles. The lowest BCUT2D eigenvalue weighted by atomic mass is 9.68. The third-order valence-electron chi connectivity index (χ3n) is 15.8. The standard InChI is InChI=1S/C70H41N3O2/c1-2-15-42(16-3-1)45-17-12-18-47(39-45)67-71-68(48-36-38-62-56(41-48)53-22-7-11-29-61(53)74-62)73-69(72-67)55-25-14-30-64-65(55)57-40-46(35-37-63(57)75-64)43-31-33-44(34-32-43)49-23-13-24-54-52-21-6-10-28-60(52)70(66(49)54)58-26-8-4-19-50(58)51-20-5-9-27-59(51)70/h1-41H. The topological polar surface area (TPSA) is 65.0 Å². The van der Waals surface area contributed by atoms with E-state index in [0.29, 0.717) is 17.5 Å². The van der Waals surface area contributed by atoms with Crippen LogP contribution in [0.25, 0.3) is 134 Å². The molecule has 2 aliphatic carbocycles. The summed E-state index contributed by atoms with van der Waals surface area (Å²) in [5.74, 6) is 1.71. The van der Waals surface area contributed by atoms with Gasteiger partial charge in [-0.3, -0.25) is 0 Å². The molecule has 0 saturated carbocycles. The SMILES string of the molecule is c1ccc(-c2cccc(-c3nc(-c4ccc5oc6ccccc6c5c4)nc(-c4cccc5oc6ccc(-c7ccc(-c8cccc9c8C8(c%10ccccc%10-c%10ccccc%108)c8ccccc8-9)cc7)cc6c45)n3)c2)cc1. The van der Waals surface area contributed by atoms with Gasteiger partial charge in [0.05, 0.1) is 5.41 Å². The van der Waals surface area contributed by atoms with E-state index in [9.17, 15) is 0 Å². The van der Waals surface area contributed by atoms with Gasteiger partial charge in [-0.15, -0.1) is 0 Å². The van der Waals surface area contributed by atoms with Crippen LogP contribution in [0.3, 0.4) is 0 Å². The first-order valence-electron chi connectivity index (χ1n) is 25.5. The summed E-state index contributed by atoms with van der Waals surface area (Å²) in [6, 6.07) is 88.8. The molecule has 0 saturated heterocycles.